The minimum atomic E-state index is -0.163. The predicted molar refractivity (Wildman–Crippen MR) is 84.7 cm³/mol. The summed E-state index contributed by atoms with van der Waals surface area (Å²) in [6.07, 6.45) is 5.08. The Morgan fingerprint density at radius 1 is 1.32 bits per heavy atom. The first kappa shape index (κ1) is 17.5. The molecular weight excluding hydrogens is 282 g/mol. The van der Waals surface area contributed by atoms with Crippen LogP contribution in [-0.2, 0) is 9.59 Å². The van der Waals surface area contributed by atoms with Gasteiger partial charge in [-0.1, -0.05) is 12.0 Å². The summed E-state index contributed by atoms with van der Waals surface area (Å²) in [6, 6.07) is 7.12. The van der Waals surface area contributed by atoms with E-state index in [1.165, 1.54) is 0 Å². The second kappa shape index (κ2) is 9.42. The van der Waals surface area contributed by atoms with Gasteiger partial charge in [0.1, 0.15) is 5.75 Å². The summed E-state index contributed by atoms with van der Waals surface area (Å²) in [5.74, 6) is 2.69. The lowest BCUT2D eigenvalue weighted by atomic mass is 10.3. The number of carbonyl (C=O) groups is 2. The molecule has 1 aromatic carbocycles. The van der Waals surface area contributed by atoms with E-state index < -0.39 is 0 Å². The first-order valence-corrected chi connectivity index (χ1v) is 7.06. The molecule has 0 aliphatic carbocycles. The Morgan fingerprint density at radius 2 is 2.05 bits per heavy atom. The number of hydrogen-bond donors (Lipinski definition) is 3. The third-order valence-corrected chi connectivity index (χ3v) is 3.06. The summed E-state index contributed by atoms with van der Waals surface area (Å²) in [7, 11) is 1.57. The minimum absolute atomic E-state index is 0.158. The van der Waals surface area contributed by atoms with Gasteiger partial charge in [-0.2, -0.15) is 0 Å². The number of benzene rings is 1. The molecule has 0 aliphatic rings. The molecule has 0 aliphatic heterocycles. The van der Waals surface area contributed by atoms with Gasteiger partial charge in [0.2, 0.25) is 0 Å². The van der Waals surface area contributed by atoms with Gasteiger partial charge in [-0.25, -0.2) is 0 Å². The van der Waals surface area contributed by atoms with Crippen molar-refractivity contribution in [2.45, 2.75) is 6.92 Å². The monoisotopic (exact) mass is 304 g/mol. The van der Waals surface area contributed by atoms with Crippen molar-refractivity contribution in [1.82, 2.24) is 5.32 Å². The number of quaternary nitrogens is 1. The highest BCUT2D eigenvalue weighted by molar-refractivity contribution is 5.91. The molecule has 6 nitrogen and oxygen atoms in total. The molecule has 0 saturated heterocycles. The van der Waals surface area contributed by atoms with Crippen molar-refractivity contribution in [1.29, 1.82) is 0 Å². The summed E-state index contributed by atoms with van der Waals surface area (Å²) < 4.78 is 5.10. The molecule has 0 aromatic heterocycles. The zero-order valence-electron chi connectivity index (χ0n) is 12.9. The Morgan fingerprint density at radius 3 is 2.68 bits per heavy atom. The topological polar surface area (TPSA) is 71.9 Å². The fraction of sp³-hybridized carbons (Fsp3) is 0.375. The molecule has 118 valence electrons. The Labute approximate surface area is 130 Å². The largest absolute Gasteiger partial charge is 0.497 e. The fourth-order valence-electron chi connectivity index (χ4n) is 1.88. The second-order valence-corrected chi connectivity index (χ2v) is 4.72. The van der Waals surface area contributed by atoms with Crippen molar-refractivity contribution in [3.05, 3.63) is 24.3 Å². The summed E-state index contributed by atoms with van der Waals surface area (Å²) in [5, 5.41) is 5.39. The van der Waals surface area contributed by atoms with E-state index in [1.54, 1.807) is 31.4 Å². The van der Waals surface area contributed by atoms with Gasteiger partial charge >= 0.3 is 0 Å². The highest BCUT2D eigenvalue weighted by atomic mass is 16.5. The zero-order chi connectivity index (χ0) is 16.4. The molecule has 0 saturated carbocycles. The molecule has 0 spiro atoms. The van der Waals surface area contributed by atoms with Crippen LogP contribution in [0.4, 0.5) is 5.69 Å². The Balaban J connectivity index is 2.50. The maximum atomic E-state index is 12.0. The first-order valence-electron chi connectivity index (χ1n) is 7.06. The van der Waals surface area contributed by atoms with E-state index in [4.69, 9.17) is 11.2 Å². The third kappa shape index (κ3) is 6.29. The van der Waals surface area contributed by atoms with Crippen LogP contribution >= 0.6 is 0 Å². The van der Waals surface area contributed by atoms with Crippen molar-refractivity contribution in [3.63, 3.8) is 0 Å². The third-order valence-electron chi connectivity index (χ3n) is 3.06. The fourth-order valence-corrected chi connectivity index (χ4v) is 1.88. The smallest absolute Gasteiger partial charge is 0.279 e. The number of nitrogens with one attached hydrogen (secondary N) is 3. The van der Waals surface area contributed by atoms with E-state index in [0.717, 1.165) is 4.90 Å². The quantitative estimate of drug-likeness (QED) is 0.556. The number of terminal acetylenes is 1. The van der Waals surface area contributed by atoms with Gasteiger partial charge in [0.05, 0.1) is 20.2 Å². The van der Waals surface area contributed by atoms with E-state index in [9.17, 15) is 9.59 Å². The van der Waals surface area contributed by atoms with E-state index in [2.05, 4.69) is 16.6 Å². The summed E-state index contributed by atoms with van der Waals surface area (Å²) in [6.45, 7) is 3.20. The van der Waals surface area contributed by atoms with Gasteiger partial charge < -0.3 is 20.3 Å². The first-order chi connectivity index (χ1) is 10.6. The van der Waals surface area contributed by atoms with Crippen LogP contribution in [0.25, 0.3) is 0 Å². The molecule has 0 heterocycles. The molecule has 22 heavy (non-hydrogen) atoms. The number of rotatable bonds is 8. The number of methoxy groups -OCH3 is 1. The average molecular weight is 304 g/mol. The molecule has 0 radical (unpaired) electrons. The van der Waals surface area contributed by atoms with Gasteiger partial charge in [-0.05, 0) is 19.1 Å². The molecule has 0 bridgehead atoms. The molecule has 6 heteroatoms. The van der Waals surface area contributed by atoms with Gasteiger partial charge in [0.15, 0.2) is 13.1 Å². The van der Waals surface area contributed by atoms with Gasteiger partial charge in [0.25, 0.3) is 11.8 Å². The molecule has 0 fully saturated rings. The van der Waals surface area contributed by atoms with Crippen LogP contribution in [0.2, 0.25) is 0 Å². The molecule has 1 unspecified atom stereocenters. The highest BCUT2D eigenvalue weighted by Crippen LogP contribution is 2.16. The summed E-state index contributed by atoms with van der Waals surface area (Å²) in [4.78, 5) is 24.5. The lowest BCUT2D eigenvalue weighted by molar-refractivity contribution is -0.881. The molecule has 1 aromatic rings. The molecule has 1 rings (SSSR count). The number of amides is 2. The zero-order valence-corrected chi connectivity index (χ0v) is 12.9. The van der Waals surface area contributed by atoms with E-state index in [0.29, 0.717) is 18.0 Å². The summed E-state index contributed by atoms with van der Waals surface area (Å²) in [5.41, 5.74) is 0.664. The second-order valence-electron chi connectivity index (χ2n) is 4.72. The predicted octanol–water partition coefficient (Wildman–Crippen LogP) is -0.712. The van der Waals surface area contributed by atoms with Crippen molar-refractivity contribution >= 4 is 17.5 Å². The van der Waals surface area contributed by atoms with Crippen molar-refractivity contribution in [2.75, 3.05) is 38.6 Å². The van der Waals surface area contributed by atoms with E-state index >= 15 is 0 Å². The van der Waals surface area contributed by atoms with Gasteiger partial charge in [0, 0.05) is 11.8 Å². The Kier molecular flexibility index (Phi) is 7.51. The Bertz CT molecular complexity index is 552. The van der Waals surface area contributed by atoms with Crippen LogP contribution < -0.4 is 20.3 Å². The number of ether oxygens (including phenoxy) is 1. The van der Waals surface area contributed by atoms with Crippen LogP contribution in [-0.4, -0.2) is 45.1 Å². The van der Waals surface area contributed by atoms with Gasteiger partial charge in [-0.15, -0.1) is 6.42 Å². The number of anilines is 1. The SMILES string of the molecule is C#CCNC(=O)C[NH+](CC)CC(=O)Nc1cccc(OC)c1. The van der Waals surface area contributed by atoms with Crippen LogP contribution in [0.3, 0.4) is 0 Å². The van der Waals surface area contributed by atoms with Crippen molar-refractivity contribution in [3.8, 4) is 18.1 Å². The van der Waals surface area contributed by atoms with E-state index in [-0.39, 0.29) is 31.4 Å². The van der Waals surface area contributed by atoms with E-state index in [1.807, 2.05) is 6.92 Å². The Hall–Kier alpha value is -2.52. The molecule has 2 amide bonds. The average Bonchev–Trinajstić information content (AvgIpc) is 2.52. The maximum absolute atomic E-state index is 12.0. The minimum Gasteiger partial charge on any atom is -0.497 e. The van der Waals surface area contributed by atoms with Crippen LogP contribution in [0.1, 0.15) is 6.92 Å². The number of carbonyl (C=O) groups excluding carboxylic acids is 2. The van der Waals surface area contributed by atoms with Crippen LogP contribution in [0, 0.1) is 12.3 Å². The molecular formula is C16H22N3O3+. The lowest BCUT2D eigenvalue weighted by Crippen LogP contribution is -3.14. The maximum Gasteiger partial charge on any atom is 0.279 e. The number of likely N-dealkylation sites (N-methyl/N-ethyl adjacent to an activating group) is 1. The van der Waals surface area contributed by atoms with Crippen LogP contribution in [0.5, 0.6) is 5.75 Å². The standard InChI is InChI=1S/C16H21N3O3/c1-4-9-17-15(20)11-19(5-2)12-16(21)18-13-7-6-8-14(10-13)22-3/h1,6-8,10H,5,9,11-12H2,2-3H3,(H,17,20)(H,18,21)/p+1. The van der Waals surface area contributed by atoms with Crippen molar-refractivity contribution < 1.29 is 19.2 Å². The summed E-state index contributed by atoms with van der Waals surface area (Å²) >= 11 is 0. The highest BCUT2D eigenvalue weighted by Gasteiger charge is 2.16. The van der Waals surface area contributed by atoms with Crippen molar-refractivity contribution in [2.24, 2.45) is 0 Å². The lowest BCUT2D eigenvalue weighted by Gasteiger charge is -2.16. The molecule has 3 N–H and O–H groups in total. The van der Waals surface area contributed by atoms with Gasteiger partial charge in [-0.3, -0.25) is 9.59 Å². The molecule has 1 atom stereocenters. The normalized spacial score (nSPS) is 11.1. The number of hydrogen-bond acceptors (Lipinski definition) is 3. The van der Waals surface area contributed by atoms with Crippen LogP contribution in [0.15, 0.2) is 24.3 Å².